The molecule has 1 aromatic carbocycles. The summed E-state index contributed by atoms with van der Waals surface area (Å²) in [6.07, 6.45) is 0. The Bertz CT molecular complexity index is 411. The van der Waals surface area contributed by atoms with Crippen molar-refractivity contribution in [3.05, 3.63) is 24.3 Å². The zero-order valence-electron chi connectivity index (χ0n) is 13.8. The molecule has 1 N–H and O–H groups in total. The van der Waals surface area contributed by atoms with Crippen LogP contribution in [0.1, 0.15) is 13.8 Å². The Morgan fingerprint density at radius 3 is 2.19 bits per heavy atom. The molecule has 0 aliphatic carbocycles. The average Bonchev–Trinajstić information content (AvgIpc) is 2.53. The van der Waals surface area contributed by atoms with Crippen LogP contribution in [0.3, 0.4) is 0 Å². The molecule has 0 saturated carbocycles. The van der Waals surface area contributed by atoms with Crippen molar-refractivity contribution in [3.63, 3.8) is 0 Å². The number of ether oxygens (including phenoxy) is 1. The van der Waals surface area contributed by atoms with Gasteiger partial charge in [-0.2, -0.15) is 0 Å². The van der Waals surface area contributed by atoms with E-state index in [2.05, 4.69) is 41.1 Å². The summed E-state index contributed by atoms with van der Waals surface area (Å²) in [5, 5.41) is 3.33. The topological polar surface area (TPSA) is 27.7 Å². The minimum absolute atomic E-state index is 0.632. The summed E-state index contributed by atoms with van der Waals surface area (Å²) in [5.41, 5.74) is 1.30. The maximum absolute atomic E-state index is 5.22. The lowest BCUT2D eigenvalue weighted by atomic mass is 10.0. The number of nitrogens with zero attached hydrogens (tertiary/aromatic N) is 2. The highest BCUT2D eigenvalue weighted by atomic mass is 16.5. The van der Waals surface area contributed by atoms with Crippen LogP contribution in [-0.4, -0.2) is 57.8 Å². The Labute approximate surface area is 129 Å². The summed E-state index contributed by atoms with van der Waals surface area (Å²) in [5.74, 6) is 1.61. The smallest absolute Gasteiger partial charge is 0.119 e. The number of nitrogens with one attached hydrogen (secondary N) is 1. The van der Waals surface area contributed by atoms with Crippen LogP contribution < -0.4 is 15.0 Å². The number of piperazine rings is 1. The first-order valence-corrected chi connectivity index (χ1v) is 7.93. The van der Waals surface area contributed by atoms with E-state index in [0.717, 1.165) is 38.5 Å². The van der Waals surface area contributed by atoms with Crippen LogP contribution in [0.25, 0.3) is 0 Å². The first kappa shape index (κ1) is 16.1. The summed E-state index contributed by atoms with van der Waals surface area (Å²) in [6.45, 7) is 10.2. The molecule has 0 aromatic heterocycles. The second kappa shape index (κ2) is 7.66. The van der Waals surface area contributed by atoms with E-state index in [-0.39, 0.29) is 0 Å². The van der Waals surface area contributed by atoms with E-state index >= 15 is 0 Å². The van der Waals surface area contributed by atoms with Crippen molar-refractivity contribution in [3.8, 4) is 5.75 Å². The Balaban J connectivity index is 1.92. The fraction of sp³-hybridized carbons (Fsp3) is 0.647. The number of anilines is 1. The van der Waals surface area contributed by atoms with E-state index in [1.165, 1.54) is 5.69 Å². The Morgan fingerprint density at radius 2 is 1.71 bits per heavy atom. The SMILES string of the molecule is CNCC(C(C)C)N1CCN(c2ccc(OC)cc2)CC1. The molecule has 1 atom stereocenters. The van der Waals surface area contributed by atoms with Gasteiger partial charge < -0.3 is 15.0 Å². The second-order valence-electron chi connectivity index (χ2n) is 6.09. The number of hydrogen-bond acceptors (Lipinski definition) is 4. The van der Waals surface area contributed by atoms with Crippen LogP contribution in [0.4, 0.5) is 5.69 Å². The van der Waals surface area contributed by atoms with E-state index < -0.39 is 0 Å². The van der Waals surface area contributed by atoms with Crippen LogP contribution in [0.5, 0.6) is 5.75 Å². The van der Waals surface area contributed by atoms with Gasteiger partial charge in [-0.3, -0.25) is 4.90 Å². The molecule has 0 spiro atoms. The number of likely N-dealkylation sites (N-methyl/N-ethyl adjacent to an activating group) is 1. The van der Waals surface area contributed by atoms with E-state index in [0.29, 0.717) is 12.0 Å². The maximum Gasteiger partial charge on any atom is 0.119 e. The molecule has 0 radical (unpaired) electrons. The summed E-state index contributed by atoms with van der Waals surface area (Å²) in [7, 11) is 3.75. The van der Waals surface area contributed by atoms with Crippen molar-refractivity contribution in [1.82, 2.24) is 10.2 Å². The maximum atomic E-state index is 5.22. The molecule has 2 rings (SSSR count). The van der Waals surface area contributed by atoms with Crippen LogP contribution in [0.15, 0.2) is 24.3 Å². The minimum atomic E-state index is 0.632. The lowest BCUT2D eigenvalue weighted by Gasteiger charge is -2.41. The molecule has 118 valence electrons. The highest BCUT2D eigenvalue weighted by Gasteiger charge is 2.25. The van der Waals surface area contributed by atoms with E-state index in [1.54, 1.807) is 7.11 Å². The first-order chi connectivity index (χ1) is 10.2. The quantitative estimate of drug-likeness (QED) is 0.868. The van der Waals surface area contributed by atoms with E-state index in [4.69, 9.17) is 4.74 Å². The molecule has 1 aromatic rings. The van der Waals surface area contributed by atoms with Gasteiger partial charge in [0.15, 0.2) is 0 Å². The van der Waals surface area contributed by atoms with Crippen molar-refractivity contribution < 1.29 is 4.74 Å². The van der Waals surface area contributed by atoms with Crippen LogP contribution in [0, 0.1) is 5.92 Å². The van der Waals surface area contributed by atoms with Crippen molar-refractivity contribution in [1.29, 1.82) is 0 Å². The first-order valence-electron chi connectivity index (χ1n) is 7.93. The van der Waals surface area contributed by atoms with Gasteiger partial charge in [0.2, 0.25) is 0 Å². The van der Waals surface area contributed by atoms with Gasteiger partial charge in [0.25, 0.3) is 0 Å². The molecule has 1 aliphatic heterocycles. The fourth-order valence-corrected chi connectivity index (χ4v) is 3.10. The third-order valence-corrected chi connectivity index (χ3v) is 4.40. The van der Waals surface area contributed by atoms with Gasteiger partial charge in [-0.05, 0) is 37.2 Å². The van der Waals surface area contributed by atoms with Gasteiger partial charge >= 0.3 is 0 Å². The predicted octanol–water partition coefficient (Wildman–Crippen LogP) is 2.06. The molecule has 4 nitrogen and oxygen atoms in total. The van der Waals surface area contributed by atoms with Gasteiger partial charge in [0.1, 0.15) is 5.75 Å². The minimum Gasteiger partial charge on any atom is -0.497 e. The zero-order valence-corrected chi connectivity index (χ0v) is 13.8. The van der Waals surface area contributed by atoms with E-state index in [1.807, 2.05) is 19.2 Å². The largest absolute Gasteiger partial charge is 0.497 e. The van der Waals surface area contributed by atoms with Crippen molar-refractivity contribution in [2.75, 3.05) is 51.8 Å². The number of methoxy groups -OCH3 is 1. The normalized spacial score (nSPS) is 18.0. The van der Waals surface area contributed by atoms with Gasteiger partial charge in [0, 0.05) is 44.5 Å². The average molecular weight is 291 g/mol. The highest BCUT2D eigenvalue weighted by Crippen LogP contribution is 2.22. The van der Waals surface area contributed by atoms with Crippen LogP contribution in [-0.2, 0) is 0 Å². The third-order valence-electron chi connectivity index (χ3n) is 4.40. The molecule has 1 heterocycles. The number of rotatable bonds is 6. The zero-order chi connectivity index (χ0) is 15.2. The van der Waals surface area contributed by atoms with Crippen molar-refractivity contribution in [2.45, 2.75) is 19.9 Å². The molecule has 0 bridgehead atoms. The molecule has 1 fully saturated rings. The van der Waals surface area contributed by atoms with Gasteiger partial charge in [-0.1, -0.05) is 13.8 Å². The van der Waals surface area contributed by atoms with Crippen LogP contribution >= 0.6 is 0 Å². The highest BCUT2D eigenvalue weighted by molar-refractivity contribution is 5.49. The molecular formula is C17H29N3O. The van der Waals surface area contributed by atoms with E-state index in [9.17, 15) is 0 Å². The summed E-state index contributed by atoms with van der Waals surface area (Å²) in [4.78, 5) is 5.09. The second-order valence-corrected chi connectivity index (χ2v) is 6.09. The summed E-state index contributed by atoms with van der Waals surface area (Å²) < 4.78 is 5.22. The fourth-order valence-electron chi connectivity index (χ4n) is 3.10. The number of hydrogen-bond donors (Lipinski definition) is 1. The molecular weight excluding hydrogens is 262 g/mol. The molecule has 21 heavy (non-hydrogen) atoms. The third kappa shape index (κ3) is 4.11. The Morgan fingerprint density at radius 1 is 1.10 bits per heavy atom. The summed E-state index contributed by atoms with van der Waals surface area (Å²) >= 11 is 0. The Hall–Kier alpha value is -1.26. The lowest BCUT2D eigenvalue weighted by molar-refractivity contribution is 0.145. The molecule has 1 saturated heterocycles. The van der Waals surface area contributed by atoms with Crippen molar-refractivity contribution >= 4 is 5.69 Å². The standard InChI is InChI=1S/C17H29N3O/c1-14(2)17(13-18-3)20-11-9-19(10-12-20)15-5-7-16(21-4)8-6-15/h5-8,14,17-18H,9-13H2,1-4H3. The van der Waals surface area contributed by atoms with Crippen LogP contribution in [0.2, 0.25) is 0 Å². The molecule has 4 heteroatoms. The predicted molar refractivity (Wildman–Crippen MR) is 89.3 cm³/mol. The molecule has 0 amide bonds. The Kier molecular flexibility index (Phi) is 5.88. The van der Waals surface area contributed by atoms with Gasteiger partial charge in [-0.25, -0.2) is 0 Å². The van der Waals surface area contributed by atoms with Gasteiger partial charge in [-0.15, -0.1) is 0 Å². The van der Waals surface area contributed by atoms with Gasteiger partial charge in [0.05, 0.1) is 7.11 Å². The number of benzene rings is 1. The lowest BCUT2D eigenvalue weighted by Crippen LogP contribution is -2.54. The summed E-state index contributed by atoms with van der Waals surface area (Å²) in [6, 6.07) is 9.02. The molecule has 1 aliphatic rings. The van der Waals surface area contributed by atoms with Crippen molar-refractivity contribution in [2.24, 2.45) is 5.92 Å². The molecule has 1 unspecified atom stereocenters. The monoisotopic (exact) mass is 291 g/mol.